The molecule has 1 atom stereocenters. The van der Waals surface area contributed by atoms with Crippen molar-refractivity contribution in [1.29, 1.82) is 0 Å². The first-order chi connectivity index (χ1) is 14.3. The van der Waals surface area contributed by atoms with E-state index in [0.29, 0.717) is 6.54 Å². The van der Waals surface area contributed by atoms with Crippen LogP contribution in [0.1, 0.15) is 104 Å². The zero-order chi connectivity index (χ0) is 22.6. The summed E-state index contributed by atoms with van der Waals surface area (Å²) in [4.78, 5) is 11.7. The number of quaternary nitrogens is 1. The summed E-state index contributed by atoms with van der Waals surface area (Å²) in [7, 11) is -0.0498. The van der Waals surface area contributed by atoms with Crippen molar-refractivity contribution in [3.05, 3.63) is 12.2 Å². The average molecular weight is 448 g/mol. The average Bonchev–Trinajstić information content (AvgIpc) is 2.70. The van der Waals surface area contributed by atoms with Gasteiger partial charge in [0.1, 0.15) is 13.2 Å². The van der Waals surface area contributed by atoms with Gasteiger partial charge in [0.15, 0.2) is 0 Å². The molecule has 0 heterocycles. The third kappa shape index (κ3) is 21.1. The second kappa shape index (κ2) is 19.5. The molecule has 0 aliphatic rings. The van der Waals surface area contributed by atoms with Crippen molar-refractivity contribution in [2.24, 2.45) is 0 Å². The van der Waals surface area contributed by atoms with Gasteiger partial charge in [-0.2, -0.15) is 0 Å². The van der Waals surface area contributed by atoms with Crippen LogP contribution in [0.4, 0.5) is 0 Å². The number of unbranched alkanes of at least 4 members (excludes halogenated alkanes) is 12. The van der Waals surface area contributed by atoms with E-state index in [9.17, 15) is 9.46 Å². The summed E-state index contributed by atoms with van der Waals surface area (Å²) in [6.07, 6.45) is 21.9. The molecule has 0 fully saturated rings. The number of hydrogen-bond acceptors (Lipinski definition) is 4. The summed E-state index contributed by atoms with van der Waals surface area (Å²) in [6.45, 7) is 6.32. The van der Waals surface area contributed by atoms with Gasteiger partial charge in [0.25, 0.3) is 7.82 Å². The zero-order valence-electron chi connectivity index (χ0n) is 20.4. The Balaban J connectivity index is 3.41. The molecule has 1 unspecified atom stereocenters. The van der Waals surface area contributed by atoms with E-state index in [1.165, 1.54) is 70.6 Å². The molecule has 0 rings (SSSR count). The lowest BCUT2D eigenvalue weighted by Crippen LogP contribution is -2.41. The van der Waals surface area contributed by atoms with E-state index >= 15 is 0 Å². The number of rotatable bonds is 22. The SMILES string of the molecule is CCCCCCCC/C=C\CCCCCCCCOP(=O)([O-])OCC[N+](C)(C)CC. The van der Waals surface area contributed by atoms with Crippen molar-refractivity contribution in [2.45, 2.75) is 104 Å². The molecule has 0 saturated carbocycles. The number of nitrogens with zero attached hydrogens (tertiary/aromatic N) is 1. The molecular weight excluding hydrogens is 397 g/mol. The normalized spacial score (nSPS) is 14.4. The van der Waals surface area contributed by atoms with Crippen LogP contribution in [0.5, 0.6) is 0 Å². The van der Waals surface area contributed by atoms with Gasteiger partial charge < -0.3 is 18.4 Å². The van der Waals surface area contributed by atoms with E-state index in [2.05, 4.69) is 26.0 Å². The molecule has 0 N–H and O–H groups in total. The number of phosphoric acid groups is 1. The number of likely N-dealkylation sites (N-methyl/N-ethyl adjacent to an activating group) is 1. The van der Waals surface area contributed by atoms with Gasteiger partial charge >= 0.3 is 0 Å². The van der Waals surface area contributed by atoms with Crippen LogP contribution >= 0.6 is 7.82 Å². The van der Waals surface area contributed by atoms with Crippen LogP contribution in [-0.4, -0.2) is 44.9 Å². The lowest BCUT2D eigenvalue weighted by Gasteiger charge is -2.29. The predicted molar refractivity (Wildman–Crippen MR) is 126 cm³/mol. The van der Waals surface area contributed by atoms with Crippen molar-refractivity contribution in [2.75, 3.05) is 40.4 Å². The largest absolute Gasteiger partial charge is 0.756 e. The highest BCUT2D eigenvalue weighted by atomic mass is 31.2. The second-order valence-corrected chi connectivity index (χ2v) is 10.4. The van der Waals surface area contributed by atoms with Gasteiger partial charge in [0, 0.05) is 0 Å². The van der Waals surface area contributed by atoms with Gasteiger partial charge in [0.2, 0.25) is 0 Å². The summed E-state index contributed by atoms with van der Waals surface area (Å²) in [6, 6.07) is 0. The van der Waals surface area contributed by atoms with Gasteiger partial charge in [0.05, 0.1) is 27.2 Å². The van der Waals surface area contributed by atoms with E-state index < -0.39 is 7.82 Å². The number of phosphoric ester groups is 1. The molecule has 0 spiro atoms. The van der Waals surface area contributed by atoms with Crippen molar-refractivity contribution in [3.8, 4) is 0 Å². The van der Waals surface area contributed by atoms with Gasteiger partial charge in [-0.05, 0) is 39.0 Å². The van der Waals surface area contributed by atoms with Crippen LogP contribution in [0.25, 0.3) is 0 Å². The highest BCUT2D eigenvalue weighted by molar-refractivity contribution is 7.45. The fraction of sp³-hybridized carbons (Fsp3) is 0.917. The molecule has 0 aromatic rings. The van der Waals surface area contributed by atoms with Gasteiger partial charge in [-0.25, -0.2) is 0 Å². The fourth-order valence-electron chi connectivity index (χ4n) is 3.12. The summed E-state index contributed by atoms with van der Waals surface area (Å²) in [5.41, 5.74) is 0. The first kappa shape index (κ1) is 29.8. The monoisotopic (exact) mass is 447 g/mol. The molecule has 0 amide bonds. The Morgan fingerprint density at radius 3 is 1.73 bits per heavy atom. The summed E-state index contributed by atoms with van der Waals surface area (Å²) in [5, 5.41) is 0. The number of allylic oxidation sites excluding steroid dienone is 2. The van der Waals surface area contributed by atoms with Crippen LogP contribution in [-0.2, 0) is 13.6 Å². The molecule has 0 saturated heterocycles. The van der Waals surface area contributed by atoms with Gasteiger partial charge in [-0.3, -0.25) is 4.57 Å². The molecule has 30 heavy (non-hydrogen) atoms. The molecule has 0 aromatic carbocycles. The molecule has 0 aromatic heterocycles. The van der Waals surface area contributed by atoms with Gasteiger partial charge in [-0.1, -0.05) is 76.9 Å². The van der Waals surface area contributed by atoms with Crippen LogP contribution < -0.4 is 4.89 Å². The lowest BCUT2D eigenvalue weighted by atomic mass is 10.1. The topological polar surface area (TPSA) is 58.6 Å². The van der Waals surface area contributed by atoms with E-state index in [-0.39, 0.29) is 13.2 Å². The molecule has 6 heteroatoms. The smallest absolute Gasteiger partial charge is 0.268 e. The lowest BCUT2D eigenvalue weighted by molar-refractivity contribution is -0.888. The molecule has 0 bridgehead atoms. The highest BCUT2D eigenvalue weighted by Gasteiger charge is 2.15. The Morgan fingerprint density at radius 1 is 0.733 bits per heavy atom. The molecular formula is C24H50NO4P. The zero-order valence-corrected chi connectivity index (χ0v) is 21.3. The Hall–Kier alpha value is -0.190. The molecule has 0 aliphatic heterocycles. The van der Waals surface area contributed by atoms with Crippen molar-refractivity contribution in [1.82, 2.24) is 0 Å². The maximum absolute atomic E-state index is 11.7. The maximum Gasteiger partial charge on any atom is 0.268 e. The highest BCUT2D eigenvalue weighted by Crippen LogP contribution is 2.38. The summed E-state index contributed by atoms with van der Waals surface area (Å²) in [5.74, 6) is 0. The van der Waals surface area contributed by atoms with Crippen molar-refractivity contribution in [3.63, 3.8) is 0 Å². The third-order valence-corrected chi connectivity index (χ3v) is 6.71. The van der Waals surface area contributed by atoms with Gasteiger partial charge in [-0.15, -0.1) is 0 Å². The first-order valence-electron chi connectivity index (χ1n) is 12.4. The number of hydrogen-bond donors (Lipinski definition) is 0. The van der Waals surface area contributed by atoms with Crippen LogP contribution in [0.3, 0.4) is 0 Å². The Labute approximate surface area is 187 Å². The standard InChI is InChI=1S/C24H50NO4P/c1-5-7-8-9-10-11-12-13-14-15-16-17-18-19-20-21-23-28-30(26,27)29-24-22-25(3,4)6-2/h13-14H,5-12,15-24H2,1-4H3/b14-13-. The minimum Gasteiger partial charge on any atom is -0.756 e. The second-order valence-electron chi connectivity index (χ2n) is 9.03. The Morgan fingerprint density at radius 2 is 1.20 bits per heavy atom. The van der Waals surface area contributed by atoms with Crippen LogP contribution in [0.15, 0.2) is 12.2 Å². The minimum atomic E-state index is -4.15. The molecule has 5 nitrogen and oxygen atoms in total. The van der Waals surface area contributed by atoms with E-state index in [1.54, 1.807) is 0 Å². The molecule has 0 radical (unpaired) electrons. The first-order valence-corrected chi connectivity index (χ1v) is 13.9. The predicted octanol–water partition coefficient (Wildman–Crippen LogP) is 6.62. The van der Waals surface area contributed by atoms with Crippen LogP contribution in [0.2, 0.25) is 0 Å². The van der Waals surface area contributed by atoms with Crippen molar-refractivity contribution >= 4 is 7.82 Å². The van der Waals surface area contributed by atoms with Crippen LogP contribution in [0, 0.1) is 0 Å². The van der Waals surface area contributed by atoms with E-state index in [1.807, 2.05) is 14.1 Å². The van der Waals surface area contributed by atoms with Crippen molar-refractivity contribution < 1.29 is 23.0 Å². The fourth-order valence-corrected chi connectivity index (χ4v) is 3.85. The summed E-state index contributed by atoms with van der Waals surface area (Å²) < 4.78 is 22.4. The van der Waals surface area contributed by atoms with E-state index in [4.69, 9.17) is 9.05 Å². The summed E-state index contributed by atoms with van der Waals surface area (Å²) >= 11 is 0. The van der Waals surface area contributed by atoms with E-state index in [0.717, 1.165) is 30.3 Å². The molecule has 0 aliphatic carbocycles. The molecule has 180 valence electrons. The Bertz CT molecular complexity index is 454. The Kier molecular flexibility index (Phi) is 19.4. The minimum absolute atomic E-state index is 0.176. The third-order valence-electron chi connectivity index (χ3n) is 5.71. The quantitative estimate of drug-likeness (QED) is 0.0809. The maximum atomic E-state index is 11.7.